The quantitative estimate of drug-likeness (QED) is 0.678. The van der Waals surface area contributed by atoms with Crippen molar-refractivity contribution in [3.8, 4) is 12.3 Å². The van der Waals surface area contributed by atoms with Crippen molar-refractivity contribution in [1.82, 2.24) is 14.3 Å². The van der Waals surface area contributed by atoms with Gasteiger partial charge in [0.2, 0.25) is 0 Å². The topological polar surface area (TPSA) is 52.2 Å². The summed E-state index contributed by atoms with van der Waals surface area (Å²) in [5.41, 5.74) is 3.73. The van der Waals surface area contributed by atoms with Crippen molar-refractivity contribution in [1.29, 1.82) is 0 Å². The van der Waals surface area contributed by atoms with Gasteiger partial charge in [0, 0.05) is 12.2 Å². The Morgan fingerprint density at radius 3 is 2.72 bits per heavy atom. The van der Waals surface area contributed by atoms with Gasteiger partial charge >= 0.3 is 0 Å². The third-order valence-electron chi connectivity index (χ3n) is 4.10. The molecule has 0 aliphatic carbocycles. The third-order valence-corrected chi connectivity index (χ3v) is 5.14. The van der Waals surface area contributed by atoms with E-state index in [0.717, 1.165) is 10.2 Å². The van der Waals surface area contributed by atoms with Gasteiger partial charge in [0.15, 0.2) is 10.5 Å². The Kier molecular flexibility index (Phi) is 4.60. The minimum Gasteiger partial charge on any atom is -0.305 e. The molecule has 2 aromatic heterocycles. The number of aromatic nitrogens is 3. The molecule has 3 rings (SSSR count). The molecular formula is C19H20N4OS. The molecule has 1 amide bonds. The molecule has 6 heteroatoms. The normalized spacial score (nSPS) is 12.1. The van der Waals surface area contributed by atoms with Crippen molar-refractivity contribution in [2.45, 2.75) is 40.3 Å². The Bertz CT molecular complexity index is 1060. The van der Waals surface area contributed by atoms with Gasteiger partial charge in [-0.15, -0.1) is 6.42 Å². The maximum absolute atomic E-state index is 12.5. The lowest BCUT2D eigenvalue weighted by Gasteiger charge is -2.03. The SMILES string of the molecule is C#CCn1c(=NC(=O)c2ccn(C(C)C)n2)sc2cc(C)c(C)cc21. The van der Waals surface area contributed by atoms with Gasteiger partial charge in [-0.25, -0.2) is 0 Å². The van der Waals surface area contributed by atoms with Gasteiger partial charge in [-0.1, -0.05) is 17.3 Å². The minimum atomic E-state index is -0.356. The van der Waals surface area contributed by atoms with Crippen molar-refractivity contribution in [2.75, 3.05) is 0 Å². The van der Waals surface area contributed by atoms with Gasteiger partial charge in [0.05, 0.1) is 16.8 Å². The summed E-state index contributed by atoms with van der Waals surface area (Å²) < 4.78 is 4.72. The predicted molar refractivity (Wildman–Crippen MR) is 101 cm³/mol. The van der Waals surface area contributed by atoms with Crippen molar-refractivity contribution < 1.29 is 4.79 Å². The Morgan fingerprint density at radius 2 is 2.08 bits per heavy atom. The summed E-state index contributed by atoms with van der Waals surface area (Å²) in [6.45, 7) is 8.52. The van der Waals surface area contributed by atoms with Crippen LogP contribution in [0.25, 0.3) is 10.2 Å². The van der Waals surface area contributed by atoms with E-state index in [-0.39, 0.29) is 11.9 Å². The summed E-state index contributed by atoms with van der Waals surface area (Å²) in [7, 11) is 0. The number of thiazole rings is 1. The molecule has 0 aliphatic heterocycles. The number of fused-ring (bicyclic) bond motifs is 1. The number of terminal acetylenes is 1. The molecule has 0 aliphatic rings. The Morgan fingerprint density at radius 1 is 1.36 bits per heavy atom. The zero-order valence-corrected chi connectivity index (χ0v) is 15.6. The number of aryl methyl sites for hydroxylation is 2. The largest absolute Gasteiger partial charge is 0.305 e. The lowest BCUT2D eigenvalue weighted by molar-refractivity contribution is 0.0992. The molecule has 0 radical (unpaired) electrons. The molecule has 0 N–H and O–H groups in total. The van der Waals surface area contributed by atoms with Crippen LogP contribution in [0.2, 0.25) is 0 Å². The predicted octanol–water partition coefficient (Wildman–Crippen LogP) is 3.47. The van der Waals surface area contributed by atoms with E-state index >= 15 is 0 Å². The first-order chi connectivity index (χ1) is 11.9. The summed E-state index contributed by atoms with van der Waals surface area (Å²) in [5.74, 6) is 2.29. The van der Waals surface area contributed by atoms with Crippen LogP contribution in [-0.4, -0.2) is 20.3 Å². The van der Waals surface area contributed by atoms with Gasteiger partial charge in [0.25, 0.3) is 5.91 Å². The first-order valence-electron chi connectivity index (χ1n) is 8.09. The Labute approximate surface area is 150 Å². The van der Waals surface area contributed by atoms with E-state index in [1.165, 1.54) is 22.5 Å². The number of hydrogen-bond donors (Lipinski definition) is 0. The Hall–Kier alpha value is -2.65. The average molecular weight is 352 g/mol. The van der Waals surface area contributed by atoms with E-state index in [0.29, 0.717) is 17.0 Å². The average Bonchev–Trinajstić information content (AvgIpc) is 3.16. The molecule has 2 heterocycles. The van der Waals surface area contributed by atoms with Crippen LogP contribution in [0.1, 0.15) is 41.5 Å². The van der Waals surface area contributed by atoms with Gasteiger partial charge in [-0.3, -0.25) is 9.48 Å². The number of hydrogen-bond acceptors (Lipinski definition) is 3. The molecular weight excluding hydrogens is 332 g/mol. The highest BCUT2D eigenvalue weighted by Crippen LogP contribution is 2.22. The highest BCUT2D eigenvalue weighted by Gasteiger charge is 2.12. The summed E-state index contributed by atoms with van der Waals surface area (Å²) in [4.78, 5) is 17.4. The second-order valence-electron chi connectivity index (χ2n) is 6.27. The van der Waals surface area contributed by atoms with Crippen molar-refractivity contribution in [2.24, 2.45) is 4.99 Å². The van der Waals surface area contributed by atoms with E-state index in [1.54, 1.807) is 16.9 Å². The molecule has 0 saturated carbocycles. The summed E-state index contributed by atoms with van der Waals surface area (Å²) >= 11 is 1.47. The van der Waals surface area contributed by atoms with Crippen molar-refractivity contribution in [3.05, 3.63) is 46.0 Å². The maximum Gasteiger partial charge on any atom is 0.300 e. The number of amides is 1. The van der Waals surface area contributed by atoms with Crippen LogP contribution in [0.3, 0.4) is 0 Å². The highest BCUT2D eigenvalue weighted by molar-refractivity contribution is 7.16. The molecule has 0 atom stereocenters. The first kappa shape index (κ1) is 17.2. The second-order valence-corrected chi connectivity index (χ2v) is 7.28. The van der Waals surface area contributed by atoms with Gasteiger partial charge in [-0.2, -0.15) is 10.1 Å². The fourth-order valence-electron chi connectivity index (χ4n) is 2.53. The third kappa shape index (κ3) is 3.28. The molecule has 0 saturated heterocycles. The Balaban J connectivity index is 2.12. The molecule has 0 unspecified atom stereocenters. The van der Waals surface area contributed by atoms with Crippen molar-refractivity contribution in [3.63, 3.8) is 0 Å². The fraction of sp³-hybridized carbons (Fsp3) is 0.316. The van der Waals surface area contributed by atoms with Crippen LogP contribution < -0.4 is 4.80 Å². The molecule has 0 spiro atoms. The van der Waals surface area contributed by atoms with Crippen LogP contribution in [0, 0.1) is 26.2 Å². The molecule has 0 bridgehead atoms. The minimum absolute atomic E-state index is 0.197. The highest BCUT2D eigenvalue weighted by atomic mass is 32.1. The second kappa shape index (κ2) is 6.69. The van der Waals surface area contributed by atoms with E-state index in [9.17, 15) is 4.79 Å². The molecule has 1 aromatic carbocycles. The van der Waals surface area contributed by atoms with E-state index < -0.39 is 0 Å². The maximum atomic E-state index is 12.5. The van der Waals surface area contributed by atoms with Crippen LogP contribution in [0.4, 0.5) is 0 Å². The van der Waals surface area contributed by atoms with E-state index in [1.807, 2.05) is 18.4 Å². The lowest BCUT2D eigenvalue weighted by Crippen LogP contribution is -2.17. The summed E-state index contributed by atoms with van der Waals surface area (Å²) in [5, 5.41) is 4.29. The summed E-state index contributed by atoms with van der Waals surface area (Å²) in [6, 6.07) is 6.09. The molecule has 0 fully saturated rings. The molecule has 3 aromatic rings. The van der Waals surface area contributed by atoms with Crippen LogP contribution in [-0.2, 0) is 6.54 Å². The number of rotatable bonds is 3. The monoisotopic (exact) mass is 352 g/mol. The lowest BCUT2D eigenvalue weighted by atomic mass is 10.1. The number of carbonyl (C=O) groups excluding carboxylic acids is 1. The van der Waals surface area contributed by atoms with Gasteiger partial charge in [-0.05, 0) is 57.0 Å². The van der Waals surface area contributed by atoms with Crippen LogP contribution >= 0.6 is 11.3 Å². The molecule has 128 valence electrons. The van der Waals surface area contributed by atoms with Gasteiger partial charge < -0.3 is 4.57 Å². The van der Waals surface area contributed by atoms with E-state index in [2.05, 4.69) is 42.0 Å². The van der Waals surface area contributed by atoms with E-state index in [4.69, 9.17) is 6.42 Å². The number of nitrogens with zero attached hydrogens (tertiary/aromatic N) is 4. The number of carbonyl (C=O) groups is 1. The standard InChI is InChI=1S/C19H20N4OS/c1-6-8-22-16-10-13(4)14(5)11-17(16)25-19(22)20-18(24)15-7-9-23(21-15)12(2)3/h1,7,9-12H,8H2,2-5H3. The smallest absolute Gasteiger partial charge is 0.300 e. The fourth-order valence-corrected chi connectivity index (χ4v) is 3.64. The van der Waals surface area contributed by atoms with Gasteiger partial charge in [0.1, 0.15) is 0 Å². The zero-order valence-electron chi connectivity index (χ0n) is 14.8. The van der Waals surface area contributed by atoms with Crippen molar-refractivity contribution >= 4 is 27.5 Å². The number of benzene rings is 1. The molecule has 5 nitrogen and oxygen atoms in total. The summed E-state index contributed by atoms with van der Waals surface area (Å²) in [6.07, 6.45) is 7.31. The first-order valence-corrected chi connectivity index (χ1v) is 8.90. The van der Waals surface area contributed by atoms with Crippen LogP contribution in [0.5, 0.6) is 0 Å². The molecule has 25 heavy (non-hydrogen) atoms. The zero-order chi connectivity index (χ0) is 18.1. The van der Waals surface area contributed by atoms with Crippen LogP contribution in [0.15, 0.2) is 29.4 Å².